The second-order valence-electron chi connectivity index (χ2n) is 6.51. The van der Waals surface area contributed by atoms with Gasteiger partial charge < -0.3 is 4.90 Å². The van der Waals surface area contributed by atoms with Crippen LogP contribution in [0.4, 0.5) is 10.8 Å². The number of rotatable bonds is 4. The maximum absolute atomic E-state index is 12.6. The number of amides is 2. The van der Waals surface area contributed by atoms with Crippen molar-refractivity contribution < 1.29 is 9.59 Å². The number of hydrogen-bond acceptors (Lipinski definition) is 4. The van der Waals surface area contributed by atoms with Gasteiger partial charge in [-0.1, -0.05) is 30.3 Å². The van der Waals surface area contributed by atoms with Crippen LogP contribution in [-0.4, -0.2) is 23.3 Å². The molecule has 1 saturated heterocycles. The second-order valence-corrected chi connectivity index (χ2v) is 7.36. The van der Waals surface area contributed by atoms with E-state index in [1.807, 2.05) is 42.6 Å². The average Bonchev–Trinajstić information content (AvgIpc) is 3.31. The molecule has 2 aromatic carbocycles. The summed E-state index contributed by atoms with van der Waals surface area (Å²) in [6.45, 7) is 2.74. The van der Waals surface area contributed by atoms with E-state index in [-0.39, 0.29) is 11.8 Å². The van der Waals surface area contributed by atoms with Crippen LogP contribution in [0, 0.1) is 6.92 Å². The number of carbonyl (C=O) groups excluding carboxylic acids is 2. The molecule has 1 fully saturated rings. The zero-order valence-electron chi connectivity index (χ0n) is 14.9. The quantitative estimate of drug-likeness (QED) is 0.728. The number of aryl methyl sites for hydroxylation is 1. The number of anilines is 2. The highest BCUT2D eigenvalue weighted by atomic mass is 32.1. The Morgan fingerprint density at radius 2 is 2.04 bits per heavy atom. The summed E-state index contributed by atoms with van der Waals surface area (Å²) in [5, 5.41) is 5.36. The highest BCUT2D eigenvalue weighted by molar-refractivity contribution is 7.14. The molecule has 3 aromatic rings. The van der Waals surface area contributed by atoms with E-state index in [1.54, 1.807) is 23.1 Å². The molecule has 5 nitrogen and oxygen atoms in total. The first kappa shape index (κ1) is 17.4. The number of carbonyl (C=O) groups is 2. The largest absolute Gasteiger partial charge is 0.312 e. The molecule has 2 heterocycles. The number of benzene rings is 2. The molecule has 2 amide bonds. The van der Waals surface area contributed by atoms with E-state index in [4.69, 9.17) is 0 Å². The van der Waals surface area contributed by atoms with Crippen LogP contribution < -0.4 is 10.2 Å². The van der Waals surface area contributed by atoms with E-state index < -0.39 is 0 Å². The Hall–Kier alpha value is -2.99. The van der Waals surface area contributed by atoms with Crippen LogP contribution >= 0.6 is 11.3 Å². The van der Waals surface area contributed by atoms with Crippen molar-refractivity contribution in [3.63, 3.8) is 0 Å². The van der Waals surface area contributed by atoms with Gasteiger partial charge in [0, 0.05) is 35.2 Å². The molecule has 0 saturated carbocycles. The molecule has 0 radical (unpaired) electrons. The topological polar surface area (TPSA) is 62.3 Å². The number of nitrogens with one attached hydrogen (secondary N) is 1. The molecule has 27 heavy (non-hydrogen) atoms. The van der Waals surface area contributed by atoms with E-state index in [0.29, 0.717) is 23.7 Å². The van der Waals surface area contributed by atoms with Gasteiger partial charge >= 0.3 is 0 Å². The van der Waals surface area contributed by atoms with Gasteiger partial charge in [-0.3, -0.25) is 14.9 Å². The van der Waals surface area contributed by atoms with E-state index in [2.05, 4.69) is 10.3 Å². The van der Waals surface area contributed by atoms with Crippen molar-refractivity contribution in [3.05, 3.63) is 65.0 Å². The Morgan fingerprint density at radius 3 is 2.81 bits per heavy atom. The van der Waals surface area contributed by atoms with E-state index in [0.717, 1.165) is 28.9 Å². The maximum atomic E-state index is 12.6. The highest BCUT2D eigenvalue weighted by Crippen LogP contribution is 2.28. The lowest BCUT2D eigenvalue weighted by Gasteiger charge is -2.16. The normalized spacial score (nSPS) is 13.8. The average molecular weight is 377 g/mol. The fourth-order valence-electron chi connectivity index (χ4n) is 3.22. The Kier molecular flexibility index (Phi) is 4.73. The van der Waals surface area contributed by atoms with Crippen molar-refractivity contribution in [2.24, 2.45) is 0 Å². The summed E-state index contributed by atoms with van der Waals surface area (Å²) in [5.74, 6) is -0.121. The molecule has 6 heteroatoms. The molecule has 1 aromatic heterocycles. The van der Waals surface area contributed by atoms with Crippen LogP contribution in [0.5, 0.6) is 0 Å². The van der Waals surface area contributed by atoms with Crippen LogP contribution in [-0.2, 0) is 4.79 Å². The number of thiazole rings is 1. The number of hydrogen-bond donors (Lipinski definition) is 1. The van der Waals surface area contributed by atoms with Gasteiger partial charge in [0.1, 0.15) is 0 Å². The van der Waals surface area contributed by atoms with Crippen LogP contribution in [0.15, 0.2) is 53.9 Å². The Labute approximate surface area is 161 Å². The highest BCUT2D eigenvalue weighted by Gasteiger charge is 2.22. The second kappa shape index (κ2) is 7.32. The first-order valence-electron chi connectivity index (χ1n) is 8.85. The summed E-state index contributed by atoms with van der Waals surface area (Å²) in [4.78, 5) is 30.8. The summed E-state index contributed by atoms with van der Waals surface area (Å²) in [6.07, 6.45) is 1.42. The summed E-state index contributed by atoms with van der Waals surface area (Å²) in [5.41, 5.74) is 4.34. The fraction of sp³-hybridized carbons (Fsp3) is 0.190. The van der Waals surface area contributed by atoms with E-state index >= 15 is 0 Å². The lowest BCUT2D eigenvalue weighted by Crippen LogP contribution is -2.24. The minimum absolute atomic E-state index is 0.107. The van der Waals surface area contributed by atoms with Crippen molar-refractivity contribution >= 4 is 34.0 Å². The molecule has 0 bridgehead atoms. The van der Waals surface area contributed by atoms with Crippen molar-refractivity contribution in [1.29, 1.82) is 0 Å². The van der Waals surface area contributed by atoms with Crippen molar-refractivity contribution in [2.45, 2.75) is 19.8 Å². The molecule has 1 aliphatic rings. The van der Waals surface area contributed by atoms with E-state index in [1.165, 1.54) is 11.3 Å². The molecule has 0 spiro atoms. The van der Waals surface area contributed by atoms with Crippen molar-refractivity contribution in [1.82, 2.24) is 4.98 Å². The molecule has 4 rings (SSSR count). The van der Waals surface area contributed by atoms with Gasteiger partial charge in [0.05, 0.1) is 5.69 Å². The predicted molar refractivity (Wildman–Crippen MR) is 108 cm³/mol. The molecule has 0 unspecified atom stereocenters. The Morgan fingerprint density at radius 1 is 1.19 bits per heavy atom. The zero-order chi connectivity index (χ0) is 18.8. The third-order valence-electron chi connectivity index (χ3n) is 4.64. The first-order valence-corrected chi connectivity index (χ1v) is 9.73. The van der Waals surface area contributed by atoms with Crippen LogP contribution in [0.1, 0.15) is 28.8 Å². The summed E-state index contributed by atoms with van der Waals surface area (Å²) in [6, 6.07) is 15.2. The fourth-order valence-corrected chi connectivity index (χ4v) is 3.93. The van der Waals surface area contributed by atoms with E-state index in [9.17, 15) is 9.59 Å². The molecule has 1 N–H and O–H groups in total. The smallest absolute Gasteiger partial charge is 0.257 e. The van der Waals surface area contributed by atoms with Gasteiger partial charge in [0.25, 0.3) is 5.91 Å². The zero-order valence-corrected chi connectivity index (χ0v) is 15.8. The Balaban J connectivity index is 1.52. The van der Waals surface area contributed by atoms with Crippen LogP contribution in [0.2, 0.25) is 0 Å². The molecule has 136 valence electrons. The first-order chi connectivity index (χ1) is 13.1. The van der Waals surface area contributed by atoms with Crippen LogP contribution in [0.25, 0.3) is 11.3 Å². The summed E-state index contributed by atoms with van der Waals surface area (Å²) < 4.78 is 0. The van der Waals surface area contributed by atoms with Crippen molar-refractivity contribution in [2.75, 3.05) is 16.8 Å². The maximum Gasteiger partial charge on any atom is 0.257 e. The third-order valence-corrected chi connectivity index (χ3v) is 5.40. The Bertz CT molecular complexity index is 1010. The summed E-state index contributed by atoms with van der Waals surface area (Å²) in [7, 11) is 0. The van der Waals surface area contributed by atoms with Gasteiger partial charge in [-0.2, -0.15) is 0 Å². The van der Waals surface area contributed by atoms with Gasteiger partial charge in [-0.15, -0.1) is 11.3 Å². The number of aromatic nitrogens is 1. The SMILES string of the molecule is Cc1ccccc1-c1csc(NC(=O)c2cccc(N3CCCC3=O)c2)n1. The van der Waals surface area contributed by atoms with Crippen LogP contribution in [0.3, 0.4) is 0 Å². The lowest BCUT2D eigenvalue weighted by atomic mass is 10.1. The van der Waals surface area contributed by atoms with Crippen molar-refractivity contribution in [3.8, 4) is 11.3 Å². The summed E-state index contributed by atoms with van der Waals surface area (Å²) >= 11 is 1.40. The monoisotopic (exact) mass is 377 g/mol. The lowest BCUT2D eigenvalue weighted by molar-refractivity contribution is -0.117. The standard InChI is InChI=1S/C21H19N3O2S/c1-14-6-2-3-9-17(14)18-13-27-21(22-18)23-20(26)15-7-4-8-16(12-15)24-11-5-10-19(24)25/h2-4,6-9,12-13H,5,10-11H2,1H3,(H,22,23,26). The molecular formula is C21H19N3O2S. The van der Waals surface area contributed by atoms with Gasteiger partial charge in [0.2, 0.25) is 5.91 Å². The molecule has 0 atom stereocenters. The molecule has 0 aliphatic carbocycles. The molecular weight excluding hydrogens is 358 g/mol. The third kappa shape index (κ3) is 3.61. The predicted octanol–water partition coefficient (Wildman–Crippen LogP) is 4.50. The minimum atomic E-state index is -0.228. The van der Waals surface area contributed by atoms with Gasteiger partial charge in [-0.25, -0.2) is 4.98 Å². The number of nitrogens with zero attached hydrogens (tertiary/aromatic N) is 2. The molecule has 1 aliphatic heterocycles. The minimum Gasteiger partial charge on any atom is -0.312 e. The van der Waals surface area contributed by atoms with Gasteiger partial charge in [-0.05, 0) is 37.1 Å². The van der Waals surface area contributed by atoms with Gasteiger partial charge in [0.15, 0.2) is 5.13 Å².